The van der Waals surface area contributed by atoms with Crippen LogP contribution >= 0.6 is 11.6 Å². The van der Waals surface area contributed by atoms with Crippen LogP contribution in [0.25, 0.3) is 44.0 Å². The fraction of sp³-hybridized carbons (Fsp3) is 0.0400. The van der Waals surface area contributed by atoms with Crippen molar-refractivity contribution < 1.29 is 14.3 Å². The number of aromatic carboxylic acids is 1. The van der Waals surface area contributed by atoms with Crippen molar-refractivity contribution in [2.24, 2.45) is 0 Å². The molecule has 5 heterocycles. The number of fused-ring (bicyclic) bond motifs is 4. The van der Waals surface area contributed by atoms with Gasteiger partial charge >= 0.3 is 5.97 Å². The van der Waals surface area contributed by atoms with Gasteiger partial charge in [0.25, 0.3) is 5.56 Å². The zero-order valence-corrected chi connectivity index (χ0v) is 18.2. The van der Waals surface area contributed by atoms with Gasteiger partial charge in [-0.3, -0.25) is 4.79 Å². The van der Waals surface area contributed by atoms with E-state index in [2.05, 4.69) is 15.0 Å². The van der Waals surface area contributed by atoms with Crippen LogP contribution in [0.15, 0.2) is 76.4 Å². The summed E-state index contributed by atoms with van der Waals surface area (Å²) in [5, 5.41) is 12.7. The average Bonchev–Trinajstić information content (AvgIpc) is 3.42. The first-order valence-electron chi connectivity index (χ1n) is 10.4. The third-order valence-electron chi connectivity index (χ3n) is 5.88. The summed E-state index contributed by atoms with van der Waals surface area (Å²) in [6, 6.07) is 14.2. The zero-order chi connectivity index (χ0) is 23.4. The minimum Gasteiger partial charge on any atom is -0.477 e. The summed E-state index contributed by atoms with van der Waals surface area (Å²) in [7, 11) is 0. The van der Waals surface area contributed by atoms with Crippen molar-refractivity contribution in [3.8, 4) is 11.1 Å². The van der Waals surface area contributed by atoms with E-state index in [-0.39, 0.29) is 28.5 Å². The molecule has 0 bridgehead atoms. The summed E-state index contributed by atoms with van der Waals surface area (Å²) in [4.78, 5) is 36.6. The molecular weight excluding hydrogens is 456 g/mol. The van der Waals surface area contributed by atoms with Gasteiger partial charge in [0.05, 0.1) is 29.3 Å². The lowest BCUT2D eigenvalue weighted by Crippen LogP contribution is -2.14. The van der Waals surface area contributed by atoms with Crippen LogP contribution in [0.5, 0.6) is 0 Å². The summed E-state index contributed by atoms with van der Waals surface area (Å²) in [6.07, 6.45) is 4.67. The van der Waals surface area contributed by atoms with E-state index in [9.17, 15) is 14.7 Å². The fourth-order valence-electron chi connectivity index (χ4n) is 4.44. The Kier molecular flexibility index (Phi) is 4.50. The van der Waals surface area contributed by atoms with E-state index in [4.69, 9.17) is 16.0 Å². The number of pyridine rings is 3. The largest absolute Gasteiger partial charge is 0.477 e. The molecule has 1 aromatic carbocycles. The lowest BCUT2D eigenvalue weighted by molar-refractivity contribution is 0.0687. The molecular formula is C25H15ClN4O4. The quantitative estimate of drug-likeness (QED) is 0.347. The summed E-state index contributed by atoms with van der Waals surface area (Å²) < 4.78 is 7.38. The Morgan fingerprint density at radius 1 is 1.15 bits per heavy atom. The number of carbonyl (C=O) groups is 1. The van der Waals surface area contributed by atoms with E-state index >= 15 is 0 Å². The second-order valence-electron chi connectivity index (χ2n) is 7.81. The van der Waals surface area contributed by atoms with Gasteiger partial charge in [-0.1, -0.05) is 11.6 Å². The van der Waals surface area contributed by atoms with Crippen molar-refractivity contribution in [2.75, 3.05) is 0 Å². The molecule has 0 aliphatic heterocycles. The maximum Gasteiger partial charge on any atom is 0.353 e. The number of furan rings is 1. The number of aromatic nitrogens is 4. The summed E-state index contributed by atoms with van der Waals surface area (Å²) in [6.45, 7) is 0.117. The molecule has 6 rings (SSSR count). The monoisotopic (exact) mass is 470 g/mol. The lowest BCUT2D eigenvalue weighted by Gasteiger charge is -2.11. The Labute approximate surface area is 196 Å². The molecule has 0 radical (unpaired) electrons. The zero-order valence-electron chi connectivity index (χ0n) is 17.4. The summed E-state index contributed by atoms with van der Waals surface area (Å²) in [5.74, 6) is -1.18. The average molecular weight is 471 g/mol. The number of H-pyrrole nitrogens is 1. The third-order valence-corrected chi connectivity index (χ3v) is 6.21. The van der Waals surface area contributed by atoms with Crippen LogP contribution in [0, 0.1) is 0 Å². The number of hydrogen-bond acceptors (Lipinski definition) is 5. The molecule has 0 atom stereocenters. The Bertz CT molecular complexity index is 1820. The van der Waals surface area contributed by atoms with Gasteiger partial charge in [0.1, 0.15) is 16.4 Å². The first-order valence-corrected chi connectivity index (χ1v) is 10.7. The van der Waals surface area contributed by atoms with Gasteiger partial charge in [-0.2, -0.15) is 0 Å². The molecule has 0 aliphatic rings. The molecule has 0 unspecified atom stereocenters. The van der Waals surface area contributed by atoms with Gasteiger partial charge in [-0.05, 0) is 48.5 Å². The van der Waals surface area contributed by atoms with Crippen LogP contribution in [0.1, 0.15) is 16.1 Å². The van der Waals surface area contributed by atoms with E-state index < -0.39 is 11.5 Å². The molecule has 8 nitrogen and oxygen atoms in total. The molecule has 166 valence electrons. The Morgan fingerprint density at radius 3 is 2.85 bits per heavy atom. The summed E-state index contributed by atoms with van der Waals surface area (Å²) in [5.41, 5.74) is 2.30. The number of hydrogen-bond donors (Lipinski definition) is 2. The van der Waals surface area contributed by atoms with Gasteiger partial charge in [-0.15, -0.1) is 0 Å². The van der Waals surface area contributed by atoms with Crippen LogP contribution < -0.4 is 5.56 Å². The van der Waals surface area contributed by atoms with Crippen LogP contribution in [-0.2, 0) is 6.54 Å². The molecule has 0 saturated carbocycles. The van der Waals surface area contributed by atoms with Gasteiger partial charge in [-0.25, -0.2) is 14.8 Å². The fourth-order valence-corrected chi connectivity index (χ4v) is 4.63. The number of nitrogens with zero attached hydrogens (tertiary/aromatic N) is 3. The second kappa shape index (κ2) is 7.57. The number of rotatable bonds is 4. The Morgan fingerprint density at radius 2 is 2.03 bits per heavy atom. The molecule has 0 saturated heterocycles. The SMILES string of the molecule is O=C(O)c1c(-c2ccc[nH]c2=O)c2c3occc3ccc2n1Cc1cc2cccnc2nc1Cl. The minimum atomic E-state index is -1.18. The topological polar surface area (TPSA) is 114 Å². The van der Waals surface area contributed by atoms with Gasteiger partial charge in [0.2, 0.25) is 0 Å². The van der Waals surface area contributed by atoms with Gasteiger partial charge in [0.15, 0.2) is 5.65 Å². The standard InChI is InChI=1S/C25H15ClN4O4/c26-22-15(11-14-3-1-8-27-23(14)29-22)12-30-17-6-5-13-7-10-34-21(13)19(17)18(20(30)25(32)33)16-4-2-9-28-24(16)31/h1-11H,12H2,(H,28,31)(H,32,33). The van der Waals surface area contributed by atoms with Crippen LogP contribution in [0.2, 0.25) is 5.15 Å². The van der Waals surface area contributed by atoms with E-state index in [1.807, 2.05) is 24.3 Å². The van der Waals surface area contributed by atoms with Crippen molar-refractivity contribution in [2.45, 2.75) is 6.54 Å². The van der Waals surface area contributed by atoms with E-state index in [0.29, 0.717) is 27.7 Å². The first kappa shape index (κ1) is 20.2. The van der Waals surface area contributed by atoms with E-state index in [1.165, 1.54) is 12.5 Å². The van der Waals surface area contributed by atoms with Gasteiger partial charge < -0.3 is 19.1 Å². The highest BCUT2D eigenvalue weighted by molar-refractivity contribution is 6.30. The Hall–Kier alpha value is -4.43. The molecule has 0 fully saturated rings. The predicted octanol–water partition coefficient (Wildman–Crippen LogP) is 5.09. The highest BCUT2D eigenvalue weighted by Gasteiger charge is 2.28. The second-order valence-corrected chi connectivity index (χ2v) is 8.17. The number of halogens is 1. The number of nitrogens with one attached hydrogen (secondary N) is 1. The van der Waals surface area contributed by atoms with Crippen LogP contribution in [-0.4, -0.2) is 30.6 Å². The predicted molar refractivity (Wildman–Crippen MR) is 128 cm³/mol. The van der Waals surface area contributed by atoms with E-state index in [0.717, 1.165) is 10.8 Å². The van der Waals surface area contributed by atoms with Crippen LogP contribution in [0.3, 0.4) is 0 Å². The smallest absolute Gasteiger partial charge is 0.353 e. The maximum atomic E-state index is 12.8. The number of benzene rings is 1. The molecule has 2 N–H and O–H groups in total. The van der Waals surface area contributed by atoms with Crippen molar-refractivity contribution in [1.29, 1.82) is 0 Å². The number of carboxylic acid groups (broad SMARTS) is 1. The van der Waals surface area contributed by atoms with Crippen molar-refractivity contribution >= 4 is 50.5 Å². The number of carboxylic acids is 1. The molecule has 0 spiro atoms. The number of aromatic amines is 1. The summed E-state index contributed by atoms with van der Waals surface area (Å²) >= 11 is 6.48. The first-order chi connectivity index (χ1) is 16.5. The molecule has 9 heteroatoms. The molecule has 6 aromatic rings. The highest BCUT2D eigenvalue weighted by atomic mass is 35.5. The highest BCUT2D eigenvalue weighted by Crippen LogP contribution is 2.39. The molecule has 0 amide bonds. The van der Waals surface area contributed by atoms with Crippen molar-refractivity contribution in [3.63, 3.8) is 0 Å². The Balaban J connectivity index is 1.71. The molecule has 34 heavy (non-hydrogen) atoms. The minimum absolute atomic E-state index is 0.0436. The van der Waals surface area contributed by atoms with E-state index in [1.54, 1.807) is 35.0 Å². The van der Waals surface area contributed by atoms with Crippen molar-refractivity contribution in [3.05, 3.63) is 94.0 Å². The maximum absolute atomic E-state index is 12.8. The molecule has 0 aliphatic carbocycles. The lowest BCUT2D eigenvalue weighted by atomic mass is 10.0. The normalized spacial score (nSPS) is 11.6. The van der Waals surface area contributed by atoms with Gasteiger partial charge in [0, 0.05) is 34.3 Å². The third kappa shape index (κ3) is 3.00. The molecule has 5 aromatic heterocycles. The van der Waals surface area contributed by atoms with Crippen LogP contribution in [0.4, 0.5) is 0 Å². The van der Waals surface area contributed by atoms with Crippen molar-refractivity contribution in [1.82, 2.24) is 19.5 Å².